The largest absolute Gasteiger partial charge is 0.397 e. The fourth-order valence-electron chi connectivity index (χ4n) is 2.62. The summed E-state index contributed by atoms with van der Waals surface area (Å²) in [6.45, 7) is 0. The highest BCUT2D eigenvalue weighted by molar-refractivity contribution is 6.05. The molecule has 0 saturated carbocycles. The van der Waals surface area contributed by atoms with Gasteiger partial charge in [-0.1, -0.05) is 12.1 Å². The third kappa shape index (κ3) is 2.92. The van der Waals surface area contributed by atoms with E-state index in [-0.39, 0.29) is 5.91 Å². The Kier molecular flexibility index (Phi) is 3.63. The molecule has 6 heteroatoms. The summed E-state index contributed by atoms with van der Waals surface area (Å²) in [4.78, 5) is 16.5. The highest BCUT2D eigenvalue weighted by Crippen LogP contribution is 2.27. The summed E-state index contributed by atoms with van der Waals surface area (Å²) in [5, 5.41) is 7.12. The van der Waals surface area contributed by atoms with Gasteiger partial charge in [-0.3, -0.25) is 9.78 Å². The van der Waals surface area contributed by atoms with Crippen LogP contribution in [-0.4, -0.2) is 20.5 Å². The molecule has 0 unspecified atom stereocenters. The Morgan fingerprint density at radius 1 is 1.00 bits per heavy atom. The fourth-order valence-corrected chi connectivity index (χ4v) is 2.62. The molecular weight excluding hydrogens is 314 g/mol. The van der Waals surface area contributed by atoms with Crippen molar-refractivity contribution in [3.8, 4) is 11.1 Å². The highest BCUT2D eigenvalue weighted by Gasteiger charge is 2.13. The molecular formula is C19H15N5O. The monoisotopic (exact) mass is 329 g/mol. The number of carbonyl (C=O) groups is 1. The average molecular weight is 329 g/mol. The smallest absolute Gasteiger partial charge is 0.276 e. The molecule has 1 aromatic carbocycles. The summed E-state index contributed by atoms with van der Waals surface area (Å²) >= 11 is 0. The minimum Gasteiger partial charge on any atom is -0.397 e. The molecule has 1 amide bonds. The van der Waals surface area contributed by atoms with E-state index >= 15 is 0 Å². The lowest BCUT2D eigenvalue weighted by Crippen LogP contribution is -2.14. The van der Waals surface area contributed by atoms with Crippen molar-refractivity contribution in [1.29, 1.82) is 0 Å². The van der Waals surface area contributed by atoms with Crippen LogP contribution in [0, 0.1) is 0 Å². The molecule has 0 radical (unpaired) electrons. The van der Waals surface area contributed by atoms with Crippen LogP contribution < -0.4 is 11.1 Å². The van der Waals surface area contributed by atoms with Gasteiger partial charge >= 0.3 is 0 Å². The van der Waals surface area contributed by atoms with E-state index in [2.05, 4.69) is 15.4 Å². The van der Waals surface area contributed by atoms with E-state index in [9.17, 15) is 4.79 Å². The van der Waals surface area contributed by atoms with E-state index in [1.807, 2.05) is 42.5 Å². The van der Waals surface area contributed by atoms with Crippen molar-refractivity contribution in [2.24, 2.45) is 0 Å². The van der Waals surface area contributed by atoms with Gasteiger partial charge in [-0.05, 0) is 53.6 Å². The molecule has 0 aliphatic heterocycles. The zero-order chi connectivity index (χ0) is 17.2. The summed E-state index contributed by atoms with van der Waals surface area (Å²) in [7, 11) is 0. The van der Waals surface area contributed by atoms with E-state index in [0.29, 0.717) is 17.1 Å². The Balaban J connectivity index is 1.64. The minimum atomic E-state index is -0.303. The number of hydrogen-bond donors (Lipinski definition) is 2. The first-order chi connectivity index (χ1) is 12.2. The number of nitrogens with two attached hydrogens (primary N) is 1. The standard InChI is InChI=1S/C19H15N5O/c20-16-5-4-14(13-6-8-21-9-7-13)11-17(16)22-19(25)18-12-15-3-1-2-10-24(15)23-18/h1-12H,20H2,(H,22,25). The van der Waals surface area contributed by atoms with Crippen LogP contribution in [0.25, 0.3) is 16.6 Å². The number of benzene rings is 1. The maximum absolute atomic E-state index is 12.5. The van der Waals surface area contributed by atoms with Crippen LogP contribution in [0.4, 0.5) is 11.4 Å². The molecule has 0 aliphatic rings. The first-order valence-corrected chi connectivity index (χ1v) is 7.76. The van der Waals surface area contributed by atoms with E-state index in [4.69, 9.17) is 5.73 Å². The summed E-state index contributed by atoms with van der Waals surface area (Å²) in [6, 6.07) is 16.7. The van der Waals surface area contributed by atoms with Crippen LogP contribution in [0.5, 0.6) is 0 Å². The first kappa shape index (κ1) is 14.9. The highest BCUT2D eigenvalue weighted by atomic mass is 16.1. The number of fused-ring (bicyclic) bond motifs is 1. The van der Waals surface area contributed by atoms with Crippen LogP contribution >= 0.6 is 0 Å². The van der Waals surface area contributed by atoms with Gasteiger partial charge in [0.25, 0.3) is 5.91 Å². The third-order valence-corrected chi connectivity index (χ3v) is 3.92. The average Bonchev–Trinajstić information content (AvgIpc) is 3.08. The summed E-state index contributed by atoms with van der Waals surface area (Å²) in [6.07, 6.45) is 5.24. The molecule has 0 atom stereocenters. The van der Waals surface area contributed by atoms with Crippen LogP contribution in [0.3, 0.4) is 0 Å². The topological polar surface area (TPSA) is 85.3 Å². The number of hydrogen-bond acceptors (Lipinski definition) is 4. The lowest BCUT2D eigenvalue weighted by atomic mass is 10.1. The zero-order valence-corrected chi connectivity index (χ0v) is 13.3. The van der Waals surface area contributed by atoms with Gasteiger partial charge in [-0.15, -0.1) is 0 Å². The summed E-state index contributed by atoms with van der Waals surface area (Å²) in [5.41, 5.74) is 10.2. The third-order valence-electron chi connectivity index (χ3n) is 3.92. The van der Waals surface area contributed by atoms with Gasteiger partial charge in [0.1, 0.15) is 0 Å². The van der Waals surface area contributed by atoms with Crippen molar-refractivity contribution in [2.45, 2.75) is 0 Å². The first-order valence-electron chi connectivity index (χ1n) is 7.76. The Morgan fingerprint density at radius 2 is 1.84 bits per heavy atom. The summed E-state index contributed by atoms with van der Waals surface area (Å²) in [5.74, 6) is -0.303. The number of pyridine rings is 2. The van der Waals surface area contributed by atoms with Crippen LogP contribution in [0.1, 0.15) is 10.5 Å². The minimum absolute atomic E-state index is 0.303. The second-order valence-electron chi connectivity index (χ2n) is 5.59. The normalized spacial score (nSPS) is 10.7. The summed E-state index contributed by atoms with van der Waals surface area (Å²) < 4.78 is 1.66. The Bertz CT molecular complexity index is 1020. The quantitative estimate of drug-likeness (QED) is 0.565. The van der Waals surface area contributed by atoms with Gasteiger partial charge in [-0.25, -0.2) is 4.52 Å². The lowest BCUT2D eigenvalue weighted by molar-refractivity contribution is 0.102. The molecule has 0 saturated heterocycles. The molecule has 3 N–H and O–H groups in total. The fraction of sp³-hybridized carbons (Fsp3) is 0. The molecule has 25 heavy (non-hydrogen) atoms. The maximum Gasteiger partial charge on any atom is 0.276 e. The molecule has 0 fully saturated rings. The van der Waals surface area contributed by atoms with Crippen molar-refractivity contribution in [3.05, 3.63) is 78.9 Å². The predicted octanol–water partition coefficient (Wildman–Crippen LogP) is 3.23. The van der Waals surface area contributed by atoms with Gasteiger partial charge in [0, 0.05) is 18.6 Å². The number of rotatable bonds is 3. The van der Waals surface area contributed by atoms with E-state index < -0.39 is 0 Å². The van der Waals surface area contributed by atoms with Crippen molar-refractivity contribution in [1.82, 2.24) is 14.6 Å². The van der Waals surface area contributed by atoms with Crippen molar-refractivity contribution >= 4 is 22.8 Å². The SMILES string of the molecule is Nc1ccc(-c2ccncc2)cc1NC(=O)c1cc2ccccn2n1. The van der Waals surface area contributed by atoms with Crippen molar-refractivity contribution in [2.75, 3.05) is 11.1 Å². The number of nitrogens with one attached hydrogen (secondary N) is 1. The zero-order valence-electron chi connectivity index (χ0n) is 13.3. The van der Waals surface area contributed by atoms with Crippen molar-refractivity contribution < 1.29 is 4.79 Å². The van der Waals surface area contributed by atoms with Gasteiger partial charge in [0.15, 0.2) is 5.69 Å². The Morgan fingerprint density at radius 3 is 2.64 bits per heavy atom. The number of nitrogen functional groups attached to an aromatic ring is 1. The van der Waals surface area contributed by atoms with Crippen LogP contribution in [0.15, 0.2) is 73.2 Å². The number of nitrogens with zero attached hydrogens (tertiary/aromatic N) is 3. The molecule has 4 rings (SSSR count). The lowest BCUT2D eigenvalue weighted by Gasteiger charge is -2.09. The maximum atomic E-state index is 12.5. The van der Waals surface area contributed by atoms with E-state index in [1.165, 1.54) is 0 Å². The molecule has 3 heterocycles. The van der Waals surface area contributed by atoms with Gasteiger partial charge in [-0.2, -0.15) is 5.10 Å². The second kappa shape index (κ2) is 6.09. The van der Waals surface area contributed by atoms with Gasteiger partial charge < -0.3 is 11.1 Å². The number of anilines is 2. The molecule has 0 aliphatic carbocycles. The number of amides is 1. The van der Waals surface area contributed by atoms with Gasteiger partial charge in [0.2, 0.25) is 0 Å². The van der Waals surface area contributed by atoms with Crippen LogP contribution in [0.2, 0.25) is 0 Å². The molecule has 4 aromatic rings. The number of carbonyl (C=O) groups excluding carboxylic acids is 1. The van der Waals surface area contributed by atoms with Crippen molar-refractivity contribution in [3.63, 3.8) is 0 Å². The molecule has 0 spiro atoms. The van der Waals surface area contributed by atoms with E-state index in [1.54, 1.807) is 35.2 Å². The Hall–Kier alpha value is -3.67. The molecule has 6 nitrogen and oxygen atoms in total. The Labute approximate surface area is 143 Å². The predicted molar refractivity (Wildman–Crippen MR) is 97.2 cm³/mol. The van der Waals surface area contributed by atoms with E-state index in [0.717, 1.165) is 16.6 Å². The molecule has 0 bridgehead atoms. The number of aromatic nitrogens is 3. The van der Waals surface area contributed by atoms with Gasteiger partial charge in [0.05, 0.1) is 16.9 Å². The second-order valence-corrected chi connectivity index (χ2v) is 5.59. The van der Waals surface area contributed by atoms with Crippen LogP contribution in [-0.2, 0) is 0 Å². The molecule has 122 valence electrons. The molecule has 3 aromatic heterocycles.